The Bertz CT molecular complexity index is 324. The minimum Gasteiger partial charge on any atom is -0.295 e. The van der Waals surface area contributed by atoms with Crippen molar-refractivity contribution in [2.75, 3.05) is 0 Å². The van der Waals surface area contributed by atoms with Gasteiger partial charge in [0.05, 0.1) is 0 Å². The van der Waals surface area contributed by atoms with Gasteiger partial charge in [0.25, 0.3) is 0 Å². The van der Waals surface area contributed by atoms with Gasteiger partial charge in [-0.3, -0.25) is 4.79 Å². The Morgan fingerprint density at radius 1 is 1.36 bits per heavy atom. The van der Waals surface area contributed by atoms with Gasteiger partial charge in [0.1, 0.15) is 0 Å². The van der Waals surface area contributed by atoms with Gasteiger partial charge in [-0.2, -0.15) is 0 Å². The van der Waals surface area contributed by atoms with Crippen molar-refractivity contribution in [3.05, 3.63) is 11.6 Å². The summed E-state index contributed by atoms with van der Waals surface area (Å²) < 4.78 is 0. The van der Waals surface area contributed by atoms with Crippen LogP contribution < -0.4 is 0 Å². The molecule has 2 bridgehead atoms. The van der Waals surface area contributed by atoms with Crippen LogP contribution in [0.15, 0.2) is 11.6 Å². The summed E-state index contributed by atoms with van der Waals surface area (Å²) in [5.74, 6) is 2.81. The SMILES string of the molecule is CC1(C)C2CC3CCC(=O)C=C3C1C2. The number of carbonyl (C=O) groups is 1. The molecule has 1 heteroatoms. The second kappa shape index (κ2) is 2.50. The molecule has 76 valence electrons. The molecule has 3 fully saturated rings. The summed E-state index contributed by atoms with van der Waals surface area (Å²) in [6, 6.07) is 0. The van der Waals surface area contributed by atoms with Gasteiger partial charge in [-0.05, 0) is 48.5 Å². The molecule has 14 heavy (non-hydrogen) atoms. The maximum Gasteiger partial charge on any atom is 0.155 e. The minimum atomic E-state index is 0.373. The summed E-state index contributed by atoms with van der Waals surface area (Å²) in [6.07, 6.45) is 6.61. The highest BCUT2D eigenvalue weighted by atomic mass is 16.1. The van der Waals surface area contributed by atoms with E-state index in [1.165, 1.54) is 18.4 Å². The van der Waals surface area contributed by atoms with E-state index in [-0.39, 0.29) is 0 Å². The molecule has 0 heterocycles. The molecule has 3 saturated carbocycles. The average molecular weight is 190 g/mol. The molecule has 4 rings (SSSR count). The molecule has 3 atom stereocenters. The van der Waals surface area contributed by atoms with E-state index in [0.717, 1.165) is 30.6 Å². The van der Waals surface area contributed by atoms with Gasteiger partial charge >= 0.3 is 0 Å². The van der Waals surface area contributed by atoms with E-state index in [1.54, 1.807) is 0 Å². The van der Waals surface area contributed by atoms with Crippen LogP contribution in [0.1, 0.15) is 39.5 Å². The molecule has 4 aliphatic carbocycles. The first kappa shape index (κ1) is 8.70. The molecular formula is C13H18O. The summed E-state index contributed by atoms with van der Waals surface area (Å²) in [5, 5.41) is 0. The number of carbonyl (C=O) groups excluding carboxylic acids is 1. The quantitative estimate of drug-likeness (QED) is 0.574. The Morgan fingerprint density at radius 3 is 2.86 bits per heavy atom. The zero-order valence-electron chi connectivity index (χ0n) is 9.05. The second-order valence-corrected chi connectivity index (χ2v) is 5.89. The number of hydrogen-bond donors (Lipinski definition) is 0. The van der Waals surface area contributed by atoms with Crippen LogP contribution in [-0.2, 0) is 4.79 Å². The highest BCUT2D eigenvalue weighted by Gasteiger charge is 2.55. The Kier molecular flexibility index (Phi) is 1.55. The van der Waals surface area contributed by atoms with E-state index < -0.39 is 0 Å². The minimum absolute atomic E-state index is 0.373. The van der Waals surface area contributed by atoms with Gasteiger partial charge in [0, 0.05) is 6.42 Å². The molecule has 3 unspecified atom stereocenters. The van der Waals surface area contributed by atoms with Crippen molar-refractivity contribution in [2.45, 2.75) is 39.5 Å². The van der Waals surface area contributed by atoms with Crippen LogP contribution in [0.3, 0.4) is 0 Å². The first-order valence-corrected chi connectivity index (χ1v) is 5.83. The highest BCUT2D eigenvalue weighted by molar-refractivity contribution is 5.91. The fourth-order valence-electron chi connectivity index (χ4n) is 3.82. The van der Waals surface area contributed by atoms with Crippen LogP contribution >= 0.6 is 0 Å². The third kappa shape index (κ3) is 0.933. The van der Waals surface area contributed by atoms with Crippen LogP contribution in [0, 0.1) is 23.2 Å². The van der Waals surface area contributed by atoms with E-state index in [0.29, 0.717) is 11.2 Å². The third-order valence-electron chi connectivity index (χ3n) is 4.98. The third-order valence-corrected chi connectivity index (χ3v) is 4.98. The first-order valence-electron chi connectivity index (χ1n) is 5.83. The maximum absolute atomic E-state index is 11.4. The molecule has 0 saturated heterocycles. The van der Waals surface area contributed by atoms with E-state index in [4.69, 9.17) is 0 Å². The van der Waals surface area contributed by atoms with Crippen molar-refractivity contribution < 1.29 is 4.79 Å². The predicted octanol–water partition coefficient (Wildman–Crippen LogP) is 2.96. The van der Waals surface area contributed by atoms with Gasteiger partial charge < -0.3 is 0 Å². The van der Waals surface area contributed by atoms with Gasteiger partial charge in [-0.1, -0.05) is 19.4 Å². The Labute approximate surface area is 85.6 Å². The topological polar surface area (TPSA) is 17.1 Å². The Morgan fingerprint density at radius 2 is 2.14 bits per heavy atom. The van der Waals surface area contributed by atoms with Crippen molar-refractivity contribution in [3.8, 4) is 0 Å². The predicted molar refractivity (Wildman–Crippen MR) is 55.8 cm³/mol. The van der Waals surface area contributed by atoms with Gasteiger partial charge in [0.15, 0.2) is 5.78 Å². The molecule has 1 nitrogen and oxygen atoms in total. The lowest BCUT2D eigenvalue weighted by Crippen LogP contribution is -2.52. The summed E-state index contributed by atoms with van der Waals surface area (Å²) in [4.78, 5) is 11.4. The maximum atomic E-state index is 11.4. The molecule has 0 aliphatic heterocycles. The summed E-state index contributed by atoms with van der Waals surface area (Å²) in [7, 11) is 0. The zero-order chi connectivity index (χ0) is 9.92. The summed E-state index contributed by atoms with van der Waals surface area (Å²) in [6.45, 7) is 4.75. The molecule has 0 aromatic heterocycles. The lowest BCUT2D eigenvalue weighted by atomic mass is 9.44. The van der Waals surface area contributed by atoms with E-state index in [1.807, 2.05) is 6.08 Å². The van der Waals surface area contributed by atoms with E-state index >= 15 is 0 Å². The summed E-state index contributed by atoms with van der Waals surface area (Å²) in [5.41, 5.74) is 1.99. The smallest absolute Gasteiger partial charge is 0.155 e. The average Bonchev–Trinajstić information content (AvgIpc) is 2.16. The fraction of sp³-hybridized carbons (Fsp3) is 0.769. The Hall–Kier alpha value is -0.590. The van der Waals surface area contributed by atoms with Gasteiger partial charge in [-0.15, -0.1) is 0 Å². The zero-order valence-corrected chi connectivity index (χ0v) is 9.05. The van der Waals surface area contributed by atoms with Crippen LogP contribution in [0.5, 0.6) is 0 Å². The van der Waals surface area contributed by atoms with Crippen LogP contribution in [0.25, 0.3) is 0 Å². The number of hydrogen-bond acceptors (Lipinski definition) is 1. The molecule has 4 aliphatic rings. The molecule has 0 spiro atoms. The largest absolute Gasteiger partial charge is 0.295 e. The second-order valence-electron chi connectivity index (χ2n) is 5.89. The van der Waals surface area contributed by atoms with Gasteiger partial charge in [0.2, 0.25) is 0 Å². The highest BCUT2D eigenvalue weighted by Crippen LogP contribution is 2.64. The lowest BCUT2D eigenvalue weighted by molar-refractivity contribution is -0.116. The molecule has 0 N–H and O–H groups in total. The number of allylic oxidation sites excluding steroid dienone is 2. The van der Waals surface area contributed by atoms with Crippen LogP contribution in [-0.4, -0.2) is 5.78 Å². The molecule has 0 amide bonds. The molecule has 0 aromatic rings. The van der Waals surface area contributed by atoms with Crippen molar-refractivity contribution >= 4 is 5.78 Å². The van der Waals surface area contributed by atoms with E-state index in [2.05, 4.69) is 13.8 Å². The first-order chi connectivity index (χ1) is 6.59. The summed E-state index contributed by atoms with van der Waals surface area (Å²) >= 11 is 0. The number of ketones is 1. The molecule has 0 aromatic carbocycles. The normalized spacial score (nSPS) is 43.7. The molecule has 0 radical (unpaired) electrons. The van der Waals surface area contributed by atoms with Crippen LogP contribution in [0.2, 0.25) is 0 Å². The monoisotopic (exact) mass is 190 g/mol. The van der Waals surface area contributed by atoms with Crippen LogP contribution in [0.4, 0.5) is 0 Å². The molecular weight excluding hydrogens is 172 g/mol. The van der Waals surface area contributed by atoms with Crippen molar-refractivity contribution in [2.24, 2.45) is 23.2 Å². The lowest BCUT2D eigenvalue weighted by Gasteiger charge is -2.60. The van der Waals surface area contributed by atoms with Crippen molar-refractivity contribution in [1.29, 1.82) is 0 Å². The van der Waals surface area contributed by atoms with E-state index in [9.17, 15) is 4.79 Å². The van der Waals surface area contributed by atoms with Crippen molar-refractivity contribution in [3.63, 3.8) is 0 Å². The van der Waals surface area contributed by atoms with Crippen molar-refractivity contribution in [1.82, 2.24) is 0 Å². The van der Waals surface area contributed by atoms with Gasteiger partial charge in [-0.25, -0.2) is 0 Å². The fourth-order valence-corrected chi connectivity index (χ4v) is 3.82. The standard InChI is InChI=1S/C13H18O/c1-13(2)9-5-8-3-4-10(14)7-11(8)12(13)6-9/h7-9,12H,3-6H2,1-2H3. The Balaban J connectivity index is 1.97. The number of rotatable bonds is 0.